The fourth-order valence-corrected chi connectivity index (χ4v) is 2.90. The topological polar surface area (TPSA) is 73.3 Å². The maximum atomic E-state index is 12.3. The van der Waals surface area contributed by atoms with Crippen LogP contribution in [0.25, 0.3) is 0 Å². The van der Waals surface area contributed by atoms with Crippen LogP contribution in [-0.4, -0.2) is 78.0 Å². The Bertz CT molecular complexity index is 490. The van der Waals surface area contributed by atoms with Gasteiger partial charge in [-0.15, -0.1) is 0 Å². The highest BCUT2D eigenvalue weighted by molar-refractivity contribution is 6.26. The number of nitrogens with zero attached hydrogens (tertiary/aromatic N) is 4. The Morgan fingerprint density at radius 3 is 2.08 bits per heavy atom. The molecule has 4 amide bonds. The van der Waals surface area contributed by atoms with Gasteiger partial charge in [-0.2, -0.15) is 0 Å². The monoisotopic (exact) mass is 338 g/mol. The Morgan fingerprint density at radius 2 is 1.62 bits per heavy atom. The first-order valence-electron chi connectivity index (χ1n) is 8.60. The van der Waals surface area contributed by atoms with Crippen molar-refractivity contribution < 1.29 is 14.4 Å². The number of hydrogen-bond acceptors (Lipinski definition) is 5. The summed E-state index contributed by atoms with van der Waals surface area (Å²) in [5, 5.41) is 0. The fraction of sp³-hybridized carbons (Fsp3) is 0.765. The highest BCUT2D eigenvalue weighted by Crippen LogP contribution is 2.18. The predicted octanol–water partition coefficient (Wildman–Crippen LogP) is 1.62. The van der Waals surface area contributed by atoms with Crippen molar-refractivity contribution in [3.05, 3.63) is 0 Å². The van der Waals surface area contributed by atoms with Crippen LogP contribution in [0.1, 0.15) is 40.5 Å². The van der Waals surface area contributed by atoms with E-state index in [9.17, 15) is 14.4 Å². The van der Waals surface area contributed by atoms with E-state index in [4.69, 9.17) is 0 Å². The summed E-state index contributed by atoms with van der Waals surface area (Å²) in [6.45, 7) is 11.1. The van der Waals surface area contributed by atoms with E-state index in [1.165, 1.54) is 14.1 Å². The lowest BCUT2D eigenvalue weighted by molar-refractivity contribution is -0.144. The van der Waals surface area contributed by atoms with E-state index in [0.717, 1.165) is 42.3 Å². The zero-order valence-electron chi connectivity index (χ0n) is 15.7. The molecule has 0 spiro atoms. The first-order chi connectivity index (χ1) is 11.2. The summed E-state index contributed by atoms with van der Waals surface area (Å²) in [5.74, 6) is -1.98. The molecule has 0 radical (unpaired) electrons. The van der Waals surface area contributed by atoms with Crippen LogP contribution in [0.5, 0.6) is 0 Å². The number of amides is 4. The maximum absolute atomic E-state index is 12.3. The number of barbiturate groups is 1. The largest absolute Gasteiger partial charge is 0.332 e. The van der Waals surface area contributed by atoms with Gasteiger partial charge in [-0.3, -0.25) is 24.4 Å². The van der Waals surface area contributed by atoms with E-state index >= 15 is 0 Å². The normalized spacial score (nSPS) is 18.8. The summed E-state index contributed by atoms with van der Waals surface area (Å²) in [6.07, 6.45) is 1.91. The quantitative estimate of drug-likeness (QED) is 0.498. The Labute approximate surface area is 144 Å². The lowest BCUT2D eigenvalue weighted by Gasteiger charge is -2.33. The molecule has 1 fully saturated rings. The number of carbonyl (C=O) groups excluding carboxylic acids is 3. The average Bonchev–Trinajstić information content (AvgIpc) is 2.55. The first kappa shape index (κ1) is 20.3. The molecule has 1 heterocycles. The van der Waals surface area contributed by atoms with Gasteiger partial charge in [0, 0.05) is 25.8 Å². The summed E-state index contributed by atoms with van der Waals surface area (Å²) in [6, 6.07) is -0.560. The SMILES string of the molecule is CCN(CC)CCC[C@H](C)N=C(C)C1C(=O)N(C)C(=O)N(C)C1=O. The Kier molecular flexibility index (Phi) is 7.54. The molecule has 1 aliphatic rings. The lowest BCUT2D eigenvalue weighted by atomic mass is 9.98. The van der Waals surface area contributed by atoms with E-state index in [0.29, 0.717) is 5.71 Å². The standard InChI is InChI=1S/C17H30N4O3/c1-7-21(8-2)11-9-10-12(3)18-13(4)14-15(22)19(5)17(24)20(6)16(14)23/h12,14H,7-11H2,1-6H3/t12-/m0/s1. The summed E-state index contributed by atoms with van der Waals surface area (Å²) < 4.78 is 0. The Morgan fingerprint density at radius 1 is 1.12 bits per heavy atom. The van der Waals surface area contributed by atoms with Gasteiger partial charge in [0.25, 0.3) is 0 Å². The molecule has 1 rings (SSSR count). The van der Waals surface area contributed by atoms with Crippen LogP contribution in [0.2, 0.25) is 0 Å². The molecule has 24 heavy (non-hydrogen) atoms. The molecule has 0 N–H and O–H groups in total. The molecule has 7 heteroatoms. The minimum atomic E-state index is -0.983. The zero-order valence-corrected chi connectivity index (χ0v) is 15.7. The van der Waals surface area contributed by atoms with Crippen LogP contribution >= 0.6 is 0 Å². The van der Waals surface area contributed by atoms with E-state index < -0.39 is 23.8 Å². The lowest BCUT2D eigenvalue weighted by Crippen LogP contribution is -2.58. The number of urea groups is 1. The Hall–Kier alpha value is -1.76. The number of rotatable bonds is 8. The van der Waals surface area contributed by atoms with Gasteiger partial charge in [0.15, 0.2) is 5.92 Å². The van der Waals surface area contributed by atoms with Gasteiger partial charge >= 0.3 is 6.03 Å². The van der Waals surface area contributed by atoms with E-state index in [1.54, 1.807) is 6.92 Å². The molecule has 0 saturated carbocycles. The predicted molar refractivity (Wildman–Crippen MR) is 94.0 cm³/mol. The second-order valence-electron chi connectivity index (χ2n) is 6.30. The van der Waals surface area contributed by atoms with Crippen molar-refractivity contribution in [1.82, 2.24) is 14.7 Å². The van der Waals surface area contributed by atoms with E-state index in [2.05, 4.69) is 23.7 Å². The molecule has 7 nitrogen and oxygen atoms in total. The third kappa shape index (κ3) is 4.63. The molecule has 0 unspecified atom stereocenters. The summed E-state index contributed by atoms with van der Waals surface area (Å²) in [4.78, 5) is 45.2. The van der Waals surface area contributed by atoms with Gasteiger partial charge in [-0.05, 0) is 46.3 Å². The van der Waals surface area contributed by atoms with Gasteiger partial charge < -0.3 is 4.90 Å². The van der Waals surface area contributed by atoms with Crippen molar-refractivity contribution in [3.8, 4) is 0 Å². The molecule has 0 aromatic heterocycles. The molecule has 136 valence electrons. The van der Waals surface area contributed by atoms with Gasteiger partial charge in [-0.1, -0.05) is 13.8 Å². The van der Waals surface area contributed by atoms with Crippen molar-refractivity contribution in [2.24, 2.45) is 10.9 Å². The highest BCUT2D eigenvalue weighted by atomic mass is 16.2. The van der Waals surface area contributed by atoms with E-state index in [-0.39, 0.29) is 6.04 Å². The zero-order chi connectivity index (χ0) is 18.4. The molecule has 0 bridgehead atoms. The number of imide groups is 2. The number of carbonyl (C=O) groups is 3. The number of hydrogen-bond donors (Lipinski definition) is 0. The van der Waals surface area contributed by atoms with Crippen LogP contribution in [-0.2, 0) is 9.59 Å². The van der Waals surface area contributed by atoms with Crippen LogP contribution in [0.15, 0.2) is 4.99 Å². The minimum absolute atomic E-state index is 0.0365. The van der Waals surface area contributed by atoms with Crippen LogP contribution in [0, 0.1) is 5.92 Å². The summed E-state index contributed by atoms with van der Waals surface area (Å²) in [7, 11) is 2.78. The van der Waals surface area contributed by atoms with Crippen molar-refractivity contribution in [2.45, 2.75) is 46.6 Å². The van der Waals surface area contributed by atoms with Crippen LogP contribution < -0.4 is 0 Å². The first-order valence-corrected chi connectivity index (χ1v) is 8.60. The molecule has 1 atom stereocenters. The van der Waals surface area contributed by atoms with Crippen LogP contribution in [0.4, 0.5) is 4.79 Å². The van der Waals surface area contributed by atoms with Crippen LogP contribution in [0.3, 0.4) is 0 Å². The Balaban J connectivity index is 2.71. The minimum Gasteiger partial charge on any atom is -0.304 e. The smallest absolute Gasteiger partial charge is 0.304 e. The van der Waals surface area contributed by atoms with Gasteiger partial charge in [-0.25, -0.2) is 4.79 Å². The van der Waals surface area contributed by atoms with Gasteiger partial charge in [0.1, 0.15) is 0 Å². The van der Waals surface area contributed by atoms with Gasteiger partial charge in [0.05, 0.1) is 0 Å². The maximum Gasteiger partial charge on any atom is 0.332 e. The second-order valence-corrected chi connectivity index (χ2v) is 6.30. The highest BCUT2D eigenvalue weighted by Gasteiger charge is 2.43. The molecular weight excluding hydrogens is 308 g/mol. The molecule has 0 aromatic carbocycles. The van der Waals surface area contributed by atoms with Gasteiger partial charge in [0.2, 0.25) is 11.8 Å². The van der Waals surface area contributed by atoms with Crippen molar-refractivity contribution in [3.63, 3.8) is 0 Å². The number of aliphatic imine (C=N–C) groups is 1. The third-order valence-electron chi connectivity index (χ3n) is 4.56. The second kappa shape index (κ2) is 8.92. The van der Waals surface area contributed by atoms with Crippen molar-refractivity contribution in [2.75, 3.05) is 33.7 Å². The third-order valence-corrected chi connectivity index (χ3v) is 4.56. The fourth-order valence-electron chi connectivity index (χ4n) is 2.90. The summed E-state index contributed by atoms with van der Waals surface area (Å²) >= 11 is 0. The average molecular weight is 338 g/mol. The van der Waals surface area contributed by atoms with Crippen molar-refractivity contribution >= 4 is 23.6 Å². The van der Waals surface area contributed by atoms with Crippen molar-refractivity contribution in [1.29, 1.82) is 0 Å². The molecule has 1 saturated heterocycles. The summed E-state index contributed by atoms with van der Waals surface area (Å²) in [5.41, 5.74) is 0.478. The molecule has 0 aromatic rings. The van der Waals surface area contributed by atoms with E-state index in [1.807, 2.05) is 6.92 Å². The molecule has 0 aliphatic carbocycles. The molecular formula is C17H30N4O3. The molecule has 1 aliphatic heterocycles.